The molecule has 9 heteroatoms. The Kier molecular flexibility index (Phi) is 12.3. The average molecular weight is 585 g/mol. The highest BCUT2D eigenvalue weighted by Crippen LogP contribution is 2.45. The molecule has 3 rings (SSSR count). The second-order valence-electron chi connectivity index (χ2n) is 10.9. The predicted octanol–water partition coefficient (Wildman–Crippen LogP) is 6.27. The number of benzene rings is 1. The van der Waals surface area contributed by atoms with E-state index in [-0.39, 0.29) is 18.4 Å². The second kappa shape index (κ2) is 15.7. The quantitative estimate of drug-likeness (QED) is 0.163. The Hall–Kier alpha value is -3.46. The average Bonchev–Trinajstić information content (AvgIpc) is 3.29. The van der Waals surface area contributed by atoms with Gasteiger partial charge in [-0.15, -0.1) is 0 Å². The number of hydrogen-bond acceptors (Lipinski definition) is 4. The molecule has 1 aliphatic heterocycles. The standard InChI is InChI=1S/C33H43F3N4O2/c1-4-6-7-12-26-23-32(29-14-9-8-13-28(26)29,31(42)38-24-33(34,35)36)18-10-11-20-40-21-16-27(17-22-40)39-30(41)15-19-37-25(3)5-2/h4-9,12-14,19,23,27H,10-11,15-18,20-22,24H2,1-3H3,(H,38,42)(H,39,41)/b6-4-,12-7-,25-5-,37-19?. The zero-order valence-electron chi connectivity index (χ0n) is 24.8. The molecule has 1 atom stereocenters. The highest BCUT2D eigenvalue weighted by Gasteiger charge is 2.44. The van der Waals surface area contributed by atoms with Gasteiger partial charge in [-0.25, -0.2) is 0 Å². The van der Waals surface area contributed by atoms with E-state index in [1.807, 2.05) is 81.5 Å². The van der Waals surface area contributed by atoms with Gasteiger partial charge in [0.05, 0.1) is 11.8 Å². The number of hydrogen-bond donors (Lipinski definition) is 2. The van der Waals surface area contributed by atoms with Crippen LogP contribution < -0.4 is 10.6 Å². The number of nitrogens with one attached hydrogen (secondary N) is 2. The number of fused-ring (bicyclic) bond motifs is 1. The topological polar surface area (TPSA) is 73.8 Å². The van der Waals surface area contributed by atoms with Crippen molar-refractivity contribution in [3.05, 3.63) is 77.5 Å². The van der Waals surface area contributed by atoms with Crippen molar-refractivity contribution in [2.45, 2.75) is 76.9 Å². The van der Waals surface area contributed by atoms with E-state index in [1.165, 1.54) is 0 Å². The number of allylic oxidation sites excluding steroid dienone is 7. The van der Waals surface area contributed by atoms with Gasteiger partial charge in [0.15, 0.2) is 0 Å². The number of carbonyl (C=O) groups excluding carboxylic acids is 2. The van der Waals surface area contributed by atoms with E-state index in [9.17, 15) is 22.8 Å². The predicted molar refractivity (Wildman–Crippen MR) is 163 cm³/mol. The van der Waals surface area contributed by atoms with Gasteiger partial charge in [0.1, 0.15) is 6.54 Å². The van der Waals surface area contributed by atoms with Crippen LogP contribution in [0.3, 0.4) is 0 Å². The summed E-state index contributed by atoms with van der Waals surface area (Å²) in [6.45, 7) is 6.87. The zero-order chi connectivity index (χ0) is 30.6. The normalized spacial score (nSPS) is 20.4. The molecule has 6 nitrogen and oxygen atoms in total. The van der Waals surface area contributed by atoms with E-state index in [4.69, 9.17) is 0 Å². The summed E-state index contributed by atoms with van der Waals surface area (Å²) in [5, 5.41) is 5.25. The minimum atomic E-state index is -4.49. The van der Waals surface area contributed by atoms with Gasteiger partial charge in [-0.05, 0) is 69.7 Å². The summed E-state index contributed by atoms with van der Waals surface area (Å²) >= 11 is 0. The third-order valence-electron chi connectivity index (χ3n) is 7.79. The SMILES string of the molecule is C/C=C\C=C/C1=CC(CCCCN2CCC(NC(=O)CC=N/C(C)=C\C)CC2)(C(=O)NCC(F)(F)F)c2ccccc21. The van der Waals surface area contributed by atoms with E-state index in [2.05, 4.69) is 20.5 Å². The van der Waals surface area contributed by atoms with Crippen molar-refractivity contribution in [3.63, 3.8) is 0 Å². The van der Waals surface area contributed by atoms with Crippen LogP contribution in [0.4, 0.5) is 13.2 Å². The lowest BCUT2D eigenvalue weighted by molar-refractivity contribution is -0.141. The fourth-order valence-corrected chi connectivity index (χ4v) is 5.47. The first-order valence-electron chi connectivity index (χ1n) is 14.7. The number of likely N-dealkylation sites (tertiary alicyclic amines) is 1. The first-order valence-corrected chi connectivity index (χ1v) is 14.7. The molecule has 0 spiro atoms. The molecule has 2 N–H and O–H groups in total. The van der Waals surface area contributed by atoms with E-state index >= 15 is 0 Å². The lowest BCUT2D eigenvalue weighted by atomic mass is 9.77. The molecular weight excluding hydrogens is 541 g/mol. The maximum absolute atomic E-state index is 13.4. The highest BCUT2D eigenvalue weighted by molar-refractivity contribution is 5.99. The summed E-state index contributed by atoms with van der Waals surface area (Å²) in [6, 6.07) is 7.61. The van der Waals surface area contributed by atoms with E-state index in [0.29, 0.717) is 12.8 Å². The first-order chi connectivity index (χ1) is 20.1. The molecule has 1 aromatic rings. The Bertz CT molecular complexity index is 1220. The van der Waals surface area contributed by atoms with Crippen LogP contribution in [0.5, 0.6) is 0 Å². The number of halogens is 3. The minimum absolute atomic E-state index is 0.0277. The van der Waals surface area contributed by atoms with Crippen molar-refractivity contribution in [3.8, 4) is 0 Å². The monoisotopic (exact) mass is 584 g/mol. The molecule has 0 bridgehead atoms. The zero-order valence-corrected chi connectivity index (χ0v) is 24.8. The van der Waals surface area contributed by atoms with Gasteiger partial charge in [-0.1, -0.05) is 67.1 Å². The molecule has 1 aromatic carbocycles. The maximum Gasteiger partial charge on any atom is 0.405 e. The van der Waals surface area contributed by atoms with Gasteiger partial charge < -0.3 is 15.5 Å². The van der Waals surface area contributed by atoms with Crippen LogP contribution in [0.1, 0.15) is 70.4 Å². The second-order valence-corrected chi connectivity index (χ2v) is 10.9. The smallest absolute Gasteiger partial charge is 0.353 e. The van der Waals surface area contributed by atoms with E-state index in [0.717, 1.165) is 61.3 Å². The molecule has 0 saturated carbocycles. The van der Waals surface area contributed by atoms with Crippen molar-refractivity contribution in [2.75, 3.05) is 26.2 Å². The molecule has 0 radical (unpaired) electrons. The molecule has 42 heavy (non-hydrogen) atoms. The molecule has 1 unspecified atom stereocenters. The lowest BCUT2D eigenvalue weighted by Crippen LogP contribution is -2.46. The van der Waals surface area contributed by atoms with Crippen molar-refractivity contribution in [1.82, 2.24) is 15.5 Å². The summed E-state index contributed by atoms with van der Waals surface area (Å²) in [4.78, 5) is 32.2. The number of carbonyl (C=O) groups is 2. The number of rotatable bonds is 13. The highest BCUT2D eigenvalue weighted by atomic mass is 19.4. The van der Waals surface area contributed by atoms with Gasteiger partial charge >= 0.3 is 6.18 Å². The van der Waals surface area contributed by atoms with E-state index in [1.54, 1.807) is 6.21 Å². The van der Waals surface area contributed by atoms with Crippen LogP contribution in [0.25, 0.3) is 5.57 Å². The minimum Gasteiger partial charge on any atom is -0.353 e. The number of piperidine rings is 1. The fourth-order valence-electron chi connectivity index (χ4n) is 5.47. The number of nitrogens with zero attached hydrogens (tertiary/aromatic N) is 2. The van der Waals surface area contributed by atoms with Crippen molar-refractivity contribution < 1.29 is 22.8 Å². The Balaban J connectivity index is 1.59. The molecule has 228 valence electrons. The van der Waals surface area contributed by atoms with E-state index < -0.39 is 24.0 Å². The summed E-state index contributed by atoms with van der Waals surface area (Å²) in [5.41, 5.74) is 2.15. The van der Waals surface area contributed by atoms with Crippen LogP contribution in [0, 0.1) is 0 Å². The molecular formula is C33H43F3N4O2. The van der Waals surface area contributed by atoms with Gasteiger partial charge in [0.2, 0.25) is 11.8 Å². The van der Waals surface area contributed by atoms with Crippen molar-refractivity contribution >= 4 is 23.6 Å². The molecule has 1 heterocycles. The van der Waals surface area contributed by atoms with Crippen molar-refractivity contribution in [2.24, 2.45) is 4.99 Å². The third-order valence-corrected chi connectivity index (χ3v) is 7.79. The molecule has 2 aliphatic rings. The van der Waals surface area contributed by atoms with Crippen LogP contribution >= 0.6 is 0 Å². The van der Waals surface area contributed by atoms with Crippen LogP contribution in [0.2, 0.25) is 0 Å². The van der Waals surface area contributed by atoms with Crippen LogP contribution in [-0.4, -0.2) is 61.3 Å². The summed E-state index contributed by atoms with van der Waals surface area (Å²) in [7, 11) is 0. The molecule has 0 aromatic heterocycles. The summed E-state index contributed by atoms with van der Waals surface area (Å²) in [5.74, 6) is -0.649. The Morgan fingerprint density at radius 3 is 2.55 bits per heavy atom. The lowest BCUT2D eigenvalue weighted by Gasteiger charge is -2.33. The number of alkyl halides is 3. The third kappa shape index (κ3) is 9.54. The summed E-state index contributed by atoms with van der Waals surface area (Å²) in [6.07, 6.45) is 12.3. The Morgan fingerprint density at radius 1 is 1.12 bits per heavy atom. The van der Waals surface area contributed by atoms with Gasteiger partial charge in [-0.3, -0.25) is 14.6 Å². The summed E-state index contributed by atoms with van der Waals surface area (Å²) < 4.78 is 39.1. The first kappa shape index (κ1) is 33.0. The largest absolute Gasteiger partial charge is 0.405 e. The molecule has 1 aliphatic carbocycles. The van der Waals surface area contributed by atoms with Gasteiger partial charge in [0.25, 0.3) is 0 Å². The number of amides is 2. The van der Waals surface area contributed by atoms with Crippen LogP contribution in [0.15, 0.2) is 71.4 Å². The van der Waals surface area contributed by atoms with Gasteiger partial charge in [0, 0.05) is 31.0 Å². The fraction of sp³-hybridized carbons (Fsp3) is 0.485. The van der Waals surface area contributed by atoms with Crippen LogP contribution in [-0.2, 0) is 15.0 Å². The Morgan fingerprint density at radius 2 is 1.86 bits per heavy atom. The van der Waals surface area contributed by atoms with Gasteiger partial charge in [-0.2, -0.15) is 13.2 Å². The Labute approximate surface area is 247 Å². The molecule has 1 saturated heterocycles. The molecule has 2 amide bonds. The maximum atomic E-state index is 13.4. The number of aliphatic imine (C=N–C) groups is 1. The van der Waals surface area contributed by atoms with Crippen molar-refractivity contribution in [1.29, 1.82) is 0 Å². The number of unbranched alkanes of at least 4 members (excludes halogenated alkanes) is 1. The molecule has 1 fully saturated rings.